The van der Waals surface area contributed by atoms with E-state index in [0.29, 0.717) is 0 Å². The fraction of sp³-hybridized carbons (Fsp3) is 0.438. The van der Waals surface area contributed by atoms with Crippen LogP contribution in [0.2, 0.25) is 0 Å². The van der Waals surface area contributed by atoms with E-state index >= 15 is 0 Å². The van der Waals surface area contributed by atoms with Gasteiger partial charge in [-0.2, -0.15) is 0 Å². The highest BCUT2D eigenvalue weighted by Gasteiger charge is 2.09. The van der Waals surface area contributed by atoms with Gasteiger partial charge >= 0.3 is 0 Å². The Morgan fingerprint density at radius 1 is 1.25 bits per heavy atom. The Bertz CT molecular complexity index is 515. The molecule has 0 fully saturated rings. The second-order valence-corrected chi connectivity index (χ2v) is 5.74. The molecular weight excluding hydrogens is 250 g/mol. The summed E-state index contributed by atoms with van der Waals surface area (Å²) >= 11 is 0. The van der Waals surface area contributed by atoms with E-state index in [2.05, 4.69) is 49.3 Å². The van der Waals surface area contributed by atoms with Gasteiger partial charge < -0.3 is 14.6 Å². The zero-order chi connectivity index (χ0) is 14.4. The Hall–Kier alpha value is -1.65. The first-order chi connectivity index (χ1) is 9.56. The molecule has 4 heteroatoms. The highest BCUT2D eigenvalue weighted by molar-refractivity contribution is 5.40. The number of imidazole rings is 1. The molecule has 0 bridgehead atoms. The maximum Gasteiger partial charge on any atom is 0.0991 e. The van der Waals surface area contributed by atoms with Gasteiger partial charge in [-0.25, -0.2) is 4.98 Å². The lowest BCUT2D eigenvalue weighted by atomic mass is 10.1. The predicted molar refractivity (Wildman–Crippen MR) is 81.0 cm³/mol. The number of nitrogens with one attached hydrogen (secondary N) is 1. The minimum absolute atomic E-state index is 0.0730. The van der Waals surface area contributed by atoms with Crippen LogP contribution in [0.3, 0.4) is 0 Å². The summed E-state index contributed by atoms with van der Waals surface area (Å²) in [5, 5.41) is 3.42. The van der Waals surface area contributed by atoms with Crippen molar-refractivity contribution in [2.24, 2.45) is 0 Å². The van der Waals surface area contributed by atoms with Gasteiger partial charge in [0, 0.05) is 25.5 Å². The van der Waals surface area contributed by atoms with Gasteiger partial charge in [-0.1, -0.05) is 18.2 Å². The van der Waals surface area contributed by atoms with Crippen LogP contribution >= 0.6 is 0 Å². The summed E-state index contributed by atoms with van der Waals surface area (Å²) in [4.78, 5) is 4.10. The van der Waals surface area contributed by atoms with Crippen LogP contribution in [-0.2, 0) is 11.3 Å². The number of ether oxygens (including phenoxy) is 1. The van der Waals surface area contributed by atoms with Crippen molar-refractivity contribution in [2.75, 3.05) is 13.2 Å². The molecule has 1 N–H and O–H groups in total. The van der Waals surface area contributed by atoms with Crippen LogP contribution < -0.4 is 5.32 Å². The molecule has 0 aliphatic heterocycles. The zero-order valence-corrected chi connectivity index (χ0v) is 12.5. The summed E-state index contributed by atoms with van der Waals surface area (Å²) in [6, 6.07) is 8.34. The third-order valence-corrected chi connectivity index (χ3v) is 2.90. The summed E-state index contributed by atoms with van der Waals surface area (Å²) < 4.78 is 7.72. The highest BCUT2D eigenvalue weighted by atomic mass is 16.5. The van der Waals surface area contributed by atoms with E-state index < -0.39 is 0 Å². The van der Waals surface area contributed by atoms with Gasteiger partial charge in [0.05, 0.1) is 24.2 Å². The molecule has 0 radical (unpaired) electrons. The summed E-state index contributed by atoms with van der Waals surface area (Å²) in [5.74, 6) is 0. The summed E-state index contributed by atoms with van der Waals surface area (Å²) in [6.07, 6.45) is 5.57. The number of benzene rings is 1. The lowest BCUT2D eigenvalue weighted by Gasteiger charge is -2.19. The molecule has 4 nitrogen and oxygen atoms in total. The molecule has 108 valence electrons. The third kappa shape index (κ3) is 4.47. The normalized spacial score (nSPS) is 11.8. The van der Waals surface area contributed by atoms with Crippen LogP contribution in [0.25, 0.3) is 5.69 Å². The molecule has 1 heterocycles. The summed E-state index contributed by atoms with van der Waals surface area (Å²) in [7, 11) is 0. The van der Waals surface area contributed by atoms with Crippen molar-refractivity contribution in [1.29, 1.82) is 0 Å². The van der Waals surface area contributed by atoms with E-state index in [1.807, 2.05) is 23.2 Å². The van der Waals surface area contributed by atoms with Crippen molar-refractivity contribution >= 4 is 0 Å². The Labute approximate surface area is 120 Å². The van der Waals surface area contributed by atoms with E-state index in [0.717, 1.165) is 25.4 Å². The van der Waals surface area contributed by atoms with Gasteiger partial charge in [0.25, 0.3) is 0 Å². The zero-order valence-electron chi connectivity index (χ0n) is 12.5. The SMILES string of the molecule is CC(C)(C)OCCNCc1ccccc1-n1ccnc1. The Balaban J connectivity index is 1.88. The molecule has 1 aromatic carbocycles. The van der Waals surface area contributed by atoms with Crippen molar-refractivity contribution in [2.45, 2.75) is 32.9 Å². The van der Waals surface area contributed by atoms with Gasteiger partial charge in [-0.05, 0) is 32.4 Å². The molecule has 20 heavy (non-hydrogen) atoms. The number of nitrogens with zero attached hydrogens (tertiary/aromatic N) is 2. The van der Waals surface area contributed by atoms with Crippen LogP contribution in [-0.4, -0.2) is 28.3 Å². The molecule has 0 atom stereocenters. The molecule has 0 amide bonds. The van der Waals surface area contributed by atoms with Gasteiger partial charge in [0.2, 0.25) is 0 Å². The smallest absolute Gasteiger partial charge is 0.0991 e. The average Bonchev–Trinajstić information content (AvgIpc) is 2.91. The Morgan fingerprint density at radius 3 is 2.75 bits per heavy atom. The third-order valence-electron chi connectivity index (χ3n) is 2.90. The minimum Gasteiger partial charge on any atom is -0.375 e. The maximum atomic E-state index is 5.69. The number of aromatic nitrogens is 2. The summed E-state index contributed by atoms with van der Waals surface area (Å²) in [6.45, 7) is 8.60. The van der Waals surface area contributed by atoms with Crippen LogP contribution in [0.15, 0.2) is 43.0 Å². The lowest BCUT2D eigenvalue weighted by molar-refractivity contribution is -0.000886. The molecule has 0 aliphatic carbocycles. The van der Waals surface area contributed by atoms with Gasteiger partial charge in [0.1, 0.15) is 0 Å². The largest absolute Gasteiger partial charge is 0.375 e. The molecule has 0 spiro atoms. The van der Waals surface area contributed by atoms with Crippen molar-refractivity contribution in [3.05, 3.63) is 48.5 Å². The number of hydrogen-bond donors (Lipinski definition) is 1. The number of rotatable bonds is 6. The second kappa shape index (κ2) is 6.68. The van der Waals surface area contributed by atoms with E-state index in [1.165, 1.54) is 5.56 Å². The molecule has 1 aromatic heterocycles. The van der Waals surface area contributed by atoms with Crippen molar-refractivity contribution in [3.63, 3.8) is 0 Å². The molecular formula is C16H23N3O. The van der Waals surface area contributed by atoms with E-state index in [9.17, 15) is 0 Å². The van der Waals surface area contributed by atoms with Crippen LogP contribution in [0, 0.1) is 0 Å². The predicted octanol–water partition coefficient (Wildman–Crippen LogP) is 2.78. The molecule has 0 saturated heterocycles. The molecule has 2 aromatic rings. The highest BCUT2D eigenvalue weighted by Crippen LogP contribution is 2.13. The van der Waals surface area contributed by atoms with Crippen LogP contribution in [0.4, 0.5) is 0 Å². The fourth-order valence-electron chi connectivity index (χ4n) is 1.97. The van der Waals surface area contributed by atoms with Crippen LogP contribution in [0.5, 0.6) is 0 Å². The van der Waals surface area contributed by atoms with E-state index in [-0.39, 0.29) is 5.60 Å². The topological polar surface area (TPSA) is 39.1 Å². The average molecular weight is 273 g/mol. The second-order valence-electron chi connectivity index (χ2n) is 5.74. The molecule has 2 rings (SSSR count). The van der Waals surface area contributed by atoms with E-state index in [1.54, 1.807) is 6.20 Å². The first-order valence-corrected chi connectivity index (χ1v) is 6.97. The van der Waals surface area contributed by atoms with Gasteiger partial charge in [-0.15, -0.1) is 0 Å². The van der Waals surface area contributed by atoms with Gasteiger partial charge in [0.15, 0.2) is 0 Å². The van der Waals surface area contributed by atoms with Crippen molar-refractivity contribution < 1.29 is 4.74 Å². The first-order valence-electron chi connectivity index (χ1n) is 6.97. The van der Waals surface area contributed by atoms with Crippen molar-refractivity contribution in [3.8, 4) is 5.69 Å². The van der Waals surface area contributed by atoms with Crippen molar-refractivity contribution in [1.82, 2.24) is 14.9 Å². The monoisotopic (exact) mass is 273 g/mol. The van der Waals surface area contributed by atoms with Crippen LogP contribution in [0.1, 0.15) is 26.3 Å². The summed E-state index contributed by atoms with van der Waals surface area (Å²) in [5.41, 5.74) is 2.34. The lowest BCUT2D eigenvalue weighted by Crippen LogP contribution is -2.26. The maximum absolute atomic E-state index is 5.69. The molecule has 0 saturated carbocycles. The van der Waals surface area contributed by atoms with Gasteiger partial charge in [-0.3, -0.25) is 0 Å². The number of hydrogen-bond acceptors (Lipinski definition) is 3. The standard InChI is InChI=1S/C16H23N3O/c1-16(2,3)20-11-9-17-12-14-6-4-5-7-15(14)19-10-8-18-13-19/h4-8,10,13,17H,9,11-12H2,1-3H3. The minimum atomic E-state index is -0.0730. The Morgan fingerprint density at radius 2 is 2.05 bits per heavy atom. The Kier molecular flexibility index (Phi) is 4.93. The molecule has 0 unspecified atom stereocenters. The molecule has 0 aliphatic rings. The first kappa shape index (κ1) is 14.8. The van der Waals surface area contributed by atoms with E-state index in [4.69, 9.17) is 4.74 Å². The number of para-hydroxylation sites is 1. The fourth-order valence-corrected chi connectivity index (χ4v) is 1.97. The quantitative estimate of drug-likeness (QED) is 0.823.